The molecule has 0 radical (unpaired) electrons. The molecule has 0 aliphatic heterocycles. The molecule has 0 bridgehead atoms. The fraction of sp³-hybridized carbons (Fsp3) is 0.147. The van der Waals surface area contributed by atoms with Gasteiger partial charge in [0.25, 0.3) is 5.91 Å². The number of amides is 3. The van der Waals surface area contributed by atoms with Crippen molar-refractivity contribution in [3.05, 3.63) is 119 Å². The second-order valence-electron chi connectivity index (χ2n) is 10.00. The van der Waals surface area contributed by atoms with E-state index in [0.29, 0.717) is 22.7 Å². The first-order chi connectivity index (χ1) is 21.6. The van der Waals surface area contributed by atoms with Crippen molar-refractivity contribution in [2.45, 2.75) is 19.9 Å². The number of carbonyl (C=O) groups excluding carboxylic acids is 4. The average Bonchev–Trinajstić information content (AvgIpc) is 3.02. The summed E-state index contributed by atoms with van der Waals surface area (Å²) in [6.45, 7) is 0.837. The van der Waals surface area contributed by atoms with Gasteiger partial charge in [0.2, 0.25) is 11.8 Å². The van der Waals surface area contributed by atoms with E-state index in [4.69, 9.17) is 9.47 Å². The number of nitrogens with one attached hydrogen (secondary N) is 2. The number of aliphatic carboxylic acids is 1. The molecule has 0 fully saturated rings. The van der Waals surface area contributed by atoms with Gasteiger partial charge < -0.3 is 30.1 Å². The summed E-state index contributed by atoms with van der Waals surface area (Å²) < 4.78 is 10.5. The van der Waals surface area contributed by atoms with Gasteiger partial charge in [0.05, 0.1) is 19.1 Å². The van der Waals surface area contributed by atoms with Crippen LogP contribution in [0.3, 0.4) is 0 Å². The van der Waals surface area contributed by atoms with E-state index in [1.54, 1.807) is 79.9 Å². The van der Waals surface area contributed by atoms with Gasteiger partial charge in [-0.15, -0.1) is 0 Å². The van der Waals surface area contributed by atoms with Gasteiger partial charge in [-0.3, -0.25) is 19.2 Å². The lowest BCUT2D eigenvalue weighted by atomic mass is 10.1. The standard InChI is InChI=1S/C34H31N3O8/c1-22(38)35-27-13-9-26(10-14-27)34(43)45-30-17-5-24(6-18-30)20-37(21-32(40)41)33(42)25-7-11-28(12-8-25)36-31(39)19-23-3-15-29(44-2)16-4-23/h3-18H,19-21H2,1-2H3,(H,35,38)(H,36,39)(H,40,41). The van der Waals surface area contributed by atoms with Crippen LogP contribution in [0.1, 0.15) is 38.8 Å². The fourth-order valence-electron chi connectivity index (χ4n) is 4.32. The average molecular weight is 610 g/mol. The highest BCUT2D eigenvalue weighted by molar-refractivity contribution is 5.97. The molecule has 3 amide bonds. The predicted octanol–water partition coefficient (Wildman–Crippen LogP) is 4.78. The number of hydrogen-bond donors (Lipinski definition) is 3. The SMILES string of the molecule is COc1ccc(CC(=O)Nc2ccc(C(=O)N(CC(=O)O)Cc3ccc(OC(=O)c4ccc(NC(C)=O)cc4)cc3)cc2)cc1. The first kappa shape index (κ1) is 32.0. The smallest absolute Gasteiger partial charge is 0.343 e. The molecule has 45 heavy (non-hydrogen) atoms. The number of methoxy groups -OCH3 is 1. The highest BCUT2D eigenvalue weighted by atomic mass is 16.5. The molecular weight excluding hydrogens is 578 g/mol. The van der Waals surface area contributed by atoms with Crippen LogP contribution in [0.2, 0.25) is 0 Å². The van der Waals surface area contributed by atoms with Gasteiger partial charge in [-0.1, -0.05) is 24.3 Å². The maximum absolute atomic E-state index is 13.2. The zero-order valence-corrected chi connectivity index (χ0v) is 24.6. The number of rotatable bonds is 12. The van der Waals surface area contributed by atoms with E-state index in [0.717, 1.165) is 5.56 Å². The number of carbonyl (C=O) groups is 5. The summed E-state index contributed by atoms with van der Waals surface area (Å²) in [6, 6.07) is 25.9. The van der Waals surface area contributed by atoms with Gasteiger partial charge >= 0.3 is 11.9 Å². The summed E-state index contributed by atoms with van der Waals surface area (Å²) in [5.74, 6) is -1.79. The van der Waals surface area contributed by atoms with Crippen molar-refractivity contribution < 1.29 is 38.6 Å². The molecule has 0 saturated heterocycles. The Morgan fingerprint density at radius 3 is 1.78 bits per heavy atom. The van der Waals surface area contributed by atoms with E-state index in [1.807, 2.05) is 0 Å². The minimum atomic E-state index is -1.18. The molecule has 3 N–H and O–H groups in total. The summed E-state index contributed by atoms with van der Waals surface area (Å²) in [6.07, 6.45) is 0.155. The quantitative estimate of drug-likeness (QED) is 0.153. The lowest BCUT2D eigenvalue weighted by molar-refractivity contribution is -0.137. The third-order valence-electron chi connectivity index (χ3n) is 6.50. The summed E-state index contributed by atoms with van der Waals surface area (Å²) in [4.78, 5) is 62.1. The Morgan fingerprint density at radius 2 is 1.22 bits per heavy atom. The van der Waals surface area contributed by atoms with E-state index in [9.17, 15) is 29.1 Å². The molecule has 0 unspecified atom stereocenters. The zero-order chi connectivity index (χ0) is 32.3. The second kappa shape index (κ2) is 15.0. The van der Waals surface area contributed by atoms with Crippen molar-refractivity contribution in [2.24, 2.45) is 0 Å². The van der Waals surface area contributed by atoms with Crippen LogP contribution in [-0.4, -0.2) is 53.3 Å². The van der Waals surface area contributed by atoms with E-state index in [-0.39, 0.29) is 41.7 Å². The summed E-state index contributed by atoms with van der Waals surface area (Å²) in [7, 11) is 1.57. The minimum absolute atomic E-state index is 0.00960. The highest BCUT2D eigenvalue weighted by Gasteiger charge is 2.20. The Hall–Kier alpha value is -5.97. The Kier molecular flexibility index (Phi) is 10.6. The largest absolute Gasteiger partial charge is 0.497 e. The molecule has 0 aliphatic rings. The molecule has 4 rings (SSSR count). The first-order valence-corrected chi connectivity index (χ1v) is 13.8. The van der Waals surface area contributed by atoms with E-state index in [1.165, 1.54) is 36.1 Å². The van der Waals surface area contributed by atoms with Crippen LogP contribution in [0.25, 0.3) is 0 Å². The molecular formula is C34H31N3O8. The number of anilines is 2. The molecule has 0 heterocycles. The maximum Gasteiger partial charge on any atom is 0.343 e. The van der Waals surface area contributed by atoms with E-state index in [2.05, 4.69) is 10.6 Å². The van der Waals surface area contributed by atoms with E-state index >= 15 is 0 Å². The van der Waals surface area contributed by atoms with Crippen molar-refractivity contribution in [1.29, 1.82) is 0 Å². The van der Waals surface area contributed by atoms with Crippen molar-refractivity contribution in [3.63, 3.8) is 0 Å². The number of benzene rings is 4. The Bertz CT molecular complexity index is 1670. The maximum atomic E-state index is 13.2. The van der Waals surface area contributed by atoms with Crippen LogP contribution in [0.15, 0.2) is 97.1 Å². The van der Waals surface area contributed by atoms with Gasteiger partial charge in [-0.05, 0) is 83.9 Å². The molecule has 0 aliphatic carbocycles. The number of carboxylic acids is 1. The molecule has 0 spiro atoms. The van der Waals surface area contributed by atoms with Crippen LogP contribution < -0.4 is 20.1 Å². The molecule has 0 aromatic heterocycles. The molecule has 4 aromatic carbocycles. The van der Waals surface area contributed by atoms with Crippen molar-refractivity contribution >= 4 is 41.0 Å². The molecule has 11 heteroatoms. The normalized spacial score (nSPS) is 10.4. The van der Waals surface area contributed by atoms with Crippen LogP contribution in [0.5, 0.6) is 11.5 Å². The van der Waals surface area contributed by atoms with Crippen LogP contribution in [0.4, 0.5) is 11.4 Å². The van der Waals surface area contributed by atoms with Gasteiger partial charge in [-0.2, -0.15) is 0 Å². The Balaban J connectivity index is 1.35. The number of esters is 1. The summed E-state index contributed by atoms with van der Waals surface area (Å²) in [5, 5.41) is 14.8. The van der Waals surface area contributed by atoms with Crippen LogP contribution in [0, 0.1) is 0 Å². The van der Waals surface area contributed by atoms with Gasteiger partial charge in [0.1, 0.15) is 18.0 Å². The topological polar surface area (TPSA) is 151 Å². The van der Waals surface area contributed by atoms with Gasteiger partial charge in [0, 0.05) is 30.4 Å². The Labute approximate surface area is 259 Å². The van der Waals surface area contributed by atoms with Crippen LogP contribution >= 0.6 is 0 Å². The van der Waals surface area contributed by atoms with Gasteiger partial charge in [-0.25, -0.2) is 4.79 Å². The number of nitrogens with zero attached hydrogens (tertiary/aromatic N) is 1. The fourth-order valence-corrected chi connectivity index (χ4v) is 4.32. The lowest BCUT2D eigenvalue weighted by Gasteiger charge is -2.21. The highest BCUT2D eigenvalue weighted by Crippen LogP contribution is 2.19. The number of ether oxygens (including phenoxy) is 2. The molecule has 11 nitrogen and oxygen atoms in total. The zero-order valence-electron chi connectivity index (χ0n) is 24.6. The summed E-state index contributed by atoms with van der Waals surface area (Å²) in [5.41, 5.74) is 3.00. The Morgan fingerprint density at radius 1 is 0.689 bits per heavy atom. The first-order valence-electron chi connectivity index (χ1n) is 13.8. The monoisotopic (exact) mass is 609 g/mol. The van der Waals surface area contributed by atoms with E-state index < -0.39 is 24.4 Å². The van der Waals surface area contributed by atoms with Crippen molar-refractivity contribution in [2.75, 3.05) is 24.3 Å². The molecule has 230 valence electrons. The van der Waals surface area contributed by atoms with Gasteiger partial charge in [0.15, 0.2) is 0 Å². The van der Waals surface area contributed by atoms with Crippen molar-refractivity contribution in [3.8, 4) is 11.5 Å². The van der Waals surface area contributed by atoms with Crippen LogP contribution in [-0.2, 0) is 27.3 Å². The third-order valence-corrected chi connectivity index (χ3v) is 6.50. The molecule has 0 atom stereocenters. The molecule has 4 aromatic rings. The lowest BCUT2D eigenvalue weighted by Crippen LogP contribution is -2.35. The number of hydrogen-bond acceptors (Lipinski definition) is 7. The molecule has 0 saturated carbocycles. The predicted molar refractivity (Wildman–Crippen MR) is 166 cm³/mol. The summed E-state index contributed by atoms with van der Waals surface area (Å²) >= 11 is 0. The third kappa shape index (κ3) is 9.52. The number of carboxylic acid groups (broad SMARTS) is 1. The second-order valence-corrected chi connectivity index (χ2v) is 10.00. The minimum Gasteiger partial charge on any atom is -0.497 e. The van der Waals surface area contributed by atoms with Crippen molar-refractivity contribution in [1.82, 2.24) is 4.90 Å².